The van der Waals surface area contributed by atoms with Crippen molar-refractivity contribution in [2.75, 3.05) is 13.1 Å². The van der Waals surface area contributed by atoms with Gasteiger partial charge in [-0.1, -0.05) is 32.0 Å². The number of nitrogens with zero attached hydrogens (tertiary/aromatic N) is 4. The van der Waals surface area contributed by atoms with Gasteiger partial charge in [0.25, 0.3) is 0 Å². The van der Waals surface area contributed by atoms with Crippen molar-refractivity contribution in [2.45, 2.75) is 44.0 Å². The van der Waals surface area contributed by atoms with E-state index in [1.54, 1.807) is 34.8 Å². The van der Waals surface area contributed by atoms with Gasteiger partial charge < -0.3 is 4.57 Å². The van der Waals surface area contributed by atoms with Crippen LogP contribution in [0, 0.1) is 5.92 Å². The third kappa shape index (κ3) is 3.56. The van der Waals surface area contributed by atoms with Gasteiger partial charge >= 0.3 is 0 Å². The SMILES string of the molecule is CC(C)Cc1nc2cccnc2n1C1CCN(S(=O)(=O)c2ccccc2)CC1. The Morgan fingerprint density at radius 3 is 2.46 bits per heavy atom. The predicted octanol–water partition coefficient (Wildman–Crippen LogP) is 3.66. The summed E-state index contributed by atoms with van der Waals surface area (Å²) in [6, 6.07) is 12.8. The van der Waals surface area contributed by atoms with Gasteiger partial charge in [0.05, 0.1) is 4.90 Å². The lowest BCUT2D eigenvalue weighted by molar-refractivity contribution is 0.272. The standard InChI is InChI=1S/C21H26N4O2S/c1-16(2)15-20-23-19-9-6-12-22-21(19)25(20)17-10-13-24(14-11-17)28(26,27)18-7-4-3-5-8-18/h3-9,12,16-17H,10-11,13-15H2,1-2H3. The maximum atomic E-state index is 12.9. The molecule has 4 rings (SSSR count). The van der Waals surface area contributed by atoms with Crippen LogP contribution in [0.4, 0.5) is 0 Å². The molecule has 6 nitrogen and oxygen atoms in total. The van der Waals surface area contributed by atoms with Gasteiger partial charge in [0.15, 0.2) is 5.65 Å². The van der Waals surface area contributed by atoms with E-state index < -0.39 is 10.0 Å². The number of hydrogen-bond acceptors (Lipinski definition) is 4. The molecule has 148 valence electrons. The van der Waals surface area contributed by atoms with Gasteiger partial charge in [-0.15, -0.1) is 0 Å². The fraction of sp³-hybridized carbons (Fsp3) is 0.429. The maximum absolute atomic E-state index is 12.9. The Morgan fingerprint density at radius 2 is 1.79 bits per heavy atom. The lowest BCUT2D eigenvalue weighted by atomic mass is 10.1. The summed E-state index contributed by atoms with van der Waals surface area (Å²) in [7, 11) is -3.43. The summed E-state index contributed by atoms with van der Waals surface area (Å²) in [5.74, 6) is 1.54. The summed E-state index contributed by atoms with van der Waals surface area (Å²) < 4.78 is 29.7. The quantitative estimate of drug-likeness (QED) is 0.658. The molecule has 2 aromatic heterocycles. The number of hydrogen-bond donors (Lipinski definition) is 0. The van der Waals surface area contributed by atoms with Gasteiger partial charge in [-0.05, 0) is 43.0 Å². The first kappa shape index (κ1) is 19.1. The molecule has 0 unspecified atom stereocenters. The number of sulfonamides is 1. The van der Waals surface area contributed by atoms with Crippen LogP contribution in [-0.2, 0) is 16.4 Å². The topological polar surface area (TPSA) is 68.1 Å². The Bertz CT molecular complexity index is 1050. The summed E-state index contributed by atoms with van der Waals surface area (Å²) in [5.41, 5.74) is 1.82. The normalized spacial score (nSPS) is 16.8. The van der Waals surface area contributed by atoms with E-state index in [0.29, 0.717) is 23.9 Å². The molecule has 0 saturated carbocycles. The van der Waals surface area contributed by atoms with Crippen LogP contribution in [-0.4, -0.2) is 40.3 Å². The minimum Gasteiger partial charge on any atom is -0.309 e. The average molecular weight is 399 g/mol. The summed E-state index contributed by atoms with van der Waals surface area (Å²) in [6.07, 6.45) is 4.21. The maximum Gasteiger partial charge on any atom is 0.243 e. The molecule has 3 aromatic rings. The average Bonchev–Trinajstić information content (AvgIpc) is 3.06. The molecular weight excluding hydrogens is 372 g/mol. The number of piperidine rings is 1. The highest BCUT2D eigenvalue weighted by Gasteiger charge is 2.31. The summed E-state index contributed by atoms with van der Waals surface area (Å²) in [5, 5.41) is 0. The first-order chi connectivity index (χ1) is 13.5. The van der Waals surface area contributed by atoms with Crippen molar-refractivity contribution in [2.24, 2.45) is 5.92 Å². The number of fused-ring (bicyclic) bond motifs is 1. The van der Waals surface area contributed by atoms with E-state index in [1.165, 1.54) is 0 Å². The largest absolute Gasteiger partial charge is 0.309 e. The van der Waals surface area contributed by atoms with E-state index in [0.717, 1.165) is 36.3 Å². The monoisotopic (exact) mass is 398 g/mol. The zero-order valence-corrected chi connectivity index (χ0v) is 17.1. The molecule has 0 atom stereocenters. The Morgan fingerprint density at radius 1 is 1.07 bits per heavy atom. The molecule has 0 spiro atoms. The van der Waals surface area contributed by atoms with E-state index in [9.17, 15) is 8.42 Å². The van der Waals surface area contributed by atoms with E-state index in [2.05, 4.69) is 23.4 Å². The molecular formula is C21H26N4O2S. The predicted molar refractivity (Wildman–Crippen MR) is 110 cm³/mol. The number of pyridine rings is 1. The molecule has 3 heterocycles. The lowest BCUT2D eigenvalue weighted by Gasteiger charge is -2.32. The van der Waals surface area contributed by atoms with Crippen molar-refractivity contribution in [1.82, 2.24) is 18.8 Å². The second-order valence-electron chi connectivity index (χ2n) is 7.79. The van der Waals surface area contributed by atoms with Crippen LogP contribution < -0.4 is 0 Å². The van der Waals surface area contributed by atoms with Crippen molar-refractivity contribution in [3.8, 4) is 0 Å². The second-order valence-corrected chi connectivity index (χ2v) is 9.73. The van der Waals surface area contributed by atoms with Crippen molar-refractivity contribution >= 4 is 21.2 Å². The van der Waals surface area contributed by atoms with E-state index in [4.69, 9.17) is 4.98 Å². The van der Waals surface area contributed by atoms with Gasteiger partial charge in [0.1, 0.15) is 11.3 Å². The highest BCUT2D eigenvalue weighted by atomic mass is 32.2. The summed E-state index contributed by atoms with van der Waals surface area (Å²) in [6.45, 7) is 5.39. The van der Waals surface area contributed by atoms with Crippen molar-refractivity contribution in [3.05, 3.63) is 54.5 Å². The smallest absolute Gasteiger partial charge is 0.243 e. The molecule has 0 N–H and O–H groups in total. The first-order valence-electron chi connectivity index (χ1n) is 9.84. The summed E-state index contributed by atoms with van der Waals surface area (Å²) in [4.78, 5) is 9.74. The first-order valence-corrected chi connectivity index (χ1v) is 11.3. The number of aromatic nitrogens is 3. The molecule has 0 radical (unpaired) electrons. The molecule has 1 aliphatic heterocycles. The highest BCUT2D eigenvalue weighted by molar-refractivity contribution is 7.89. The molecule has 7 heteroatoms. The highest BCUT2D eigenvalue weighted by Crippen LogP contribution is 2.31. The zero-order valence-electron chi connectivity index (χ0n) is 16.3. The number of benzene rings is 1. The van der Waals surface area contributed by atoms with E-state index >= 15 is 0 Å². The molecule has 1 aliphatic rings. The number of imidazole rings is 1. The number of rotatable bonds is 5. The van der Waals surface area contributed by atoms with Crippen LogP contribution in [0.5, 0.6) is 0 Å². The third-order valence-corrected chi connectivity index (χ3v) is 7.20. The lowest BCUT2D eigenvalue weighted by Crippen LogP contribution is -2.39. The van der Waals surface area contributed by atoms with Gasteiger partial charge in [-0.2, -0.15) is 4.31 Å². The van der Waals surface area contributed by atoms with Gasteiger partial charge in [-0.3, -0.25) is 0 Å². The van der Waals surface area contributed by atoms with Crippen LogP contribution in [0.2, 0.25) is 0 Å². The van der Waals surface area contributed by atoms with Gasteiger partial charge in [0.2, 0.25) is 10.0 Å². The van der Waals surface area contributed by atoms with Gasteiger partial charge in [-0.25, -0.2) is 18.4 Å². The second kappa shape index (κ2) is 7.64. The Labute approximate surface area is 166 Å². The third-order valence-electron chi connectivity index (χ3n) is 5.28. The minimum absolute atomic E-state index is 0.218. The molecule has 1 saturated heterocycles. The molecule has 0 aliphatic carbocycles. The van der Waals surface area contributed by atoms with Gasteiger partial charge in [0, 0.05) is 31.7 Å². The van der Waals surface area contributed by atoms with Crippen LogP contribution >= 0.6 is 0 Å². The Balaban J connectivity index is 1.59. The molecule has 1 fully saturated rings. The molecule has 0 bridgehead atoms. The molecule has 1 aromatic carbocycles. The van der Waals surface area contributed by atoms with Crippen LogP contribution in [0.15, 0.2) is 53.6 Å². The van der Waals surface area contributed by atoms with Crippen LogP contribution in [0.25, 0.3) is 11.2 Å². The van der Waals surface area contributed by atoms with Crippen LogP contribution in [0.1, 0.15) is 38.6 Å². The van der Waals surface area contributed by atoms with Crippen molar-refractivity contribution in [3.63, 3.8) is 0 Å². The molecule has 0 amide bonds. The fourth-order valence-electron chi connectivity index (χ4n) is 3.95. The Kier molecular flexibility index (Phi) is 5.21. The van der Waals surface area contributed by atoms with Crippen molar-refractivity contribution < 1.29 is 8.42 Å². The zero-order chi connectivity index (χ0) is 19.7. The fourth-order valence-corrected chi connectivity index (χ4v) is 5.44. The minimum atomic E-state index is -3.43. The Hall–Kier alpha value is -2.25. The summed E-state index contributed by atoms with van der Waals surface area (Å²) >= 11 is 0. The van der Waals surface area contributed by atoms with E-state index in [1.807, 2.05) is 18.2 Å². The van der Waals surface area contributed by atoms with Crippen LogP contribution in [0.3, 0.4) is 0 Å². The van der Waals surface area contributed by atoms with Crippen molar-refractivity contribution in [1.29, 1.82) is 0 Å². The van der Waals surface area contributed by atoms with E-state index in [-0.39, 0.29) is 6.04 Å². The molecule has 28 heavy (non-hydrogen) atoms.